The summed E-state index contributed by atoms with van der Waals surface area (Å²) in [7, 11) is 0. The number of halogens is 1. The Morgan fingerprint density at radius 2 is 1.77 bits per heavy atom. The number of carbonyl (C=O) groups is 1. The maximum absolute atomic E-state index is 12.3. The molecular weight excluding hydrogens is 510 g/mol. The first-order chi connectivity index (χ1) is 16.9. The number of nitrogens with zero attached hydrogens (tertiary/aromatic N) is 2. The van der Waals surface area contributed by atoms with E-state index in [0.29, 0.717) is 18.1 Å². The van der Waals surface area contributed by atoms with Crippen molar-refractivity contribution in [1.29, 1.82) is 0 Å². The first kappa shape index (κ1) is 24.3. The highest BCUT2D eigenvalue weighted by Crippen LogP contribution is 2.25. The molecule has 1 N–H and O–H groups in total. The normalized spacial score (nSPS) is 11.1. The molecule has 2 aromatic heterocycles. The van der Waals surface area contributed by atoms with Crippen molar-refractivity contribution in [3.8, 4) is 17.2 Å². The highest BCUT2D eigenvalue weighted by atomic mass is 79.9. The second-order valence-corrected chi connectivity index (χ2v) is 8.68. The fourth-order valence-electron chi connectivity index (χ4n) is 3.59. The summed E-state index contributed by atoms with van der Waals surface area (Å²) in [5.41, 5.74) is 6.70. The number of benzene rings is 2. The van der Waals surface area contributed by atoms with Gasteiger partial charge in [-0.2, -0.15) is 5.10 Å². The molecule has 1 amide bonds. The Morgan fingerprint density at radius 1 is 1.03 bits per heavy atom. The molecule has 0 radical (unpaired) electrons. The quantitative estimate of drug-likeness (QED) is 0.204. The van der Waals surface area contributed by atoms with Crippen molar-refractivity contribution in [2.45, 2.75) is 27.4 Å². The summed E-state index contributed by atoms with van der Waals surface area (Å²) in [6.07, 6.45) is 1.55. The van der Waals surface area contributed by atoms with Gasteiger partial charge in [0, 0.05) is 17.1 Å². The Kier molecular flexibility index (Phi) is 7.72. The van der Waals surface area contributed by atoms with Crippen LogP contribution in [0, 0.1) is 13.8 Å². The van der Waals surface area contributed by atoms with Crippen LogP contribution in [0.1, 0.15) is 40.2 Å². The standard InChI is InChI=1S/C27H26BrN3O4/c1-4-33-25-13-7-20(15-24(25)28)16-29-30-27(32)26-14-12-23(35-26)17-34-22-10-8-21(9-11-22)31-18(2)5-6-19(31)3/h5-16H,4,17H2,1-3H3,(H,30,32)/b29-16+. The maximum atomic E-state index is 12.3. The van der Waals surface area contributed by atoms with Gasteiger partial charge in [-0.3, -0.25) is 4.79 Å². The molecule has 0 fully saturated rings. The van der Waals surface area contributed by atoms with E-state index < -0.39 is 5.91 Å². The van der Waals surface area contributed by atoms with Gasteiger partial charge in [-0.25, -0.2) is 5.43 Å². The van der Waals surface area contributed by atoms with Crippen molar-refractivity contribution in [2.75, 3.05) is 6.61 Å². The minimum Gasteiger partial charge on any atom is -0.493 e. The van der Waals surface area contributed by atoms with Crippen LogP contribution in [0.25, 0.3) is 5.69 Å². The lowest BCUT2D eigenvalue weighted by Crippen LogP contribution is -2.16. The second kappa shape index (κ2) is 11.1. The molecule has 2 aromatic carbocycles. The molecule has 8 heteroatoms. The minimum absolute atomic E-state index is 0.155. The molecule has 0 aliphatic rings. The number of ether oxygens (including phenoxy) is 2. The van der Waals surface area contributed by atoms with Crippen LogP contribution in [0.4, 0.5) is 0 Å². The van der Waals surface area contributed by atoms with E-state index in [9.17, 15) is 4.79 Å². The van der Waals surface area contributed by atoms with Gasteiger partial charge in [0.05, 0.1) is 17.3 Å². The van der Waals surface area contributed by atoms with E-state index in [0.717, 1.165) is 21.5 Å². The van der Waals surface area contributed by atoms with Crippen LogP contribution < -0.4 is 14.9 Å². The van der Waals surface area contributed by atoms with E-state index in [1.165, 1.54) is 11.4 Å². The number of furan rings is 1. The lowest BCUT2D eigenvalue weighted by Gasteiger charge is -2.10. The molecular formula is C27H26BrN3O4. The topological polar surface area (TPSA) is 78.0 Å². The number of hydrogen-bond donors (Lipinski definition) is 1. The van der Waals surface area contributed by atoms with Gasteiger partial charge < -0.3 is 18.5 Å². The number of hydrogen-bond acceptors (Lipinski definition) is 5. The largest absolute Gasteiger partial charge is 0.493 e. The highest BCUT2D eigenvalue weighted by Gasteiger charge is 2.11. The number of nitrogens with one attached hydrogen (secondary N) is 1. The third kappa shape index (κ3) is 6.02. The number of carbonyl (C=O) groups excluding carboxylic acids is 1. The first-order valence-electron chi connectivity index (χ1n) is 11.2. The van der Waals surface area contributed by atoms with E-state index in [2.05, 4.69) is 57.0 Å². The third-order valence-electron chi connectivity index (χ3n) is 5.27. The summed E-state index contributed by atoms with van der Waals surface area (Å²) < 4.78 is 19.9. The molecule has 35 heavy (non-hydrogen) atoms. The zero-order valence-electron chi connectivity index (χ0n) is 19.7. The van der Waals surface area contributed by atoms with E-state index >= 15 is 0 Å². The maximum Gasteiger partial charge on any atom is 0.307 e. The molecule has 0 atom stereocenters. The van der Waals surface area contributed by atoms with Crippen LogP contribution >= 0.6 is 15.9 Å². The monoisotopic (exact) mass is 535 g/mol. The number of hydrazone groups is 1. The molecule has 2 heterocycles. The minimum atomic E-state index is -0.445. The van der Waals surface area contributed by atoms with Gasteiger partial charge in [0.25, 0.3) is 0 Å². The SMILES string of the molecule is CCOc1ccc(/C=N/NC(=O)c2ccc(COc3ccc(-n4c(C)ccc4C)cc3)o2)cc1Br. The second-order valence-electron chi connectivity index (χ2n) is 7.82. The van der Waals surface area contributed by atoms with E-state index in [1.807, 2.05) is 49.4 Å². The van der Waals surface area contributed by atoms with E-state index in [-0.39, 0.29) is 12.4 Å². The lowest BCUT2D eigenvalue weighted by molar-refractivity contribution is 0.0923. The number of aryl methyl sites for hydroxylation is 2. The van der Waals surface area contributed by atoms with E-state index in [1.54, 1.807) is 18.3 Å². The predicted molar refractivity (Wildman–Crippen MR) is 139 cm³/mol. The summed E-state index contributed by atoms with van der Waals surface area (Å²) in [4.78, 5) is 12.3. The smallest absolute Gasteiger partial charge is 0.307 e. The Labute approximate surface area is 212 Å². The molecule has 0 unspecified atom stereocenters. The number of rotatable bonds is 9. The third-order valence-corrected chi connectivity index (χ3v) is 5.89. The zero-order chi connectivity index (χ0) is 24.8. The Bertz CT molecular complexity index is 1320. The molecule has 0 spiro atoms. The average Bonchev–Trinajstić information content (AvgIpc) is 3.46. The van der Waals surface area contributed by atoms with Crippen LogP contribution in [0.3, 0.4) is 0 Å². The van der Waals surface area contributed by atoms with Crippen molar-refractivity contribution in [3.05, 3.63) is 99.7 Å². The summed E-state index contributed by atoms with van der Waals surface area (Å²) in [6, 6.07) is 20.9. The van der Waals surface area contributed by atoms with Gasteiger partial charge in [0.2, 0.25) is 0 Å². The summed E-state index contributed by atoms with van der Waals surface area (Å²) in [6.45, 7) is 6.86. The van der Waals surface area contributed by atoms with Gasteiger partial charge >= 0.3 is 5.91 Å². The van der Waals surface area contributed by atoms with E-state index in [4.69, 9.17) is 13.9 Å². The average molecular weight is 536 g/mol. The molecule has 0 aliphatic carbocycles. The van der Waals surface area contributed by atoms with Gasteiger partial charge in [0.1, 0.15) is 23.9 Å². The van der Waals surface area contributed by atoms with Crippen molar-refractivity contribution in [2.24, 2.45) is 5.10 Å². The van der Waals surface area contributed by atoms with Crippen molar-refractivity contribution in [1.82, 2.24) is 9.99 Å². The number of aromatic nitrogens is 1. The molecule has 0 saturated carbocycles. The van der Waals surface area contributed by atoms with Gasteiger partial charge in [0.15, 0.2) is 5.76 Å². The first-order valence-corrected chi connectivity index (χ1v) is 12.0. The molecule has 0 bridgehead atoms. The predicted octanol–water partition coefficient (Wildman–Crippen LogP) is 6.19. The molecule has 180 valence electrons. The number of amides is 1. The summed E-state index contributed by atoms with van der Waals surface area (Å²) in [5, 5.41) is 4.00. The molecule has 0 saturated heterocycles. The van der Waals surface area contributed by atoms with Crippen molar-refractivity contribution < 1.29 is 18.7 Å². The molecule has 4 aromatic rings. The van der Waals surface area contributed by atoms with Crippen molar-refractivity contribution >= 4 is 28.1 Å². The zero-order valence-corrected chi connectivity index (χ0v) is 21.3. The van der Waals surface area contributed by atoms with Gasteiger partial charge in [-0.15, -0.1) is 0 Å². The van der Waals surface area contributed by atoms with Crippen LogP contribution in [-0.4, -0.2) is 23.3 Å². The van der Waals surface area contributed by atoms with Gasteiger partial charge in [-0.05, 0) is 109 Å². The Balaban J connectivity index is 1.30. The van der Waals surface area contributed by atoms with Crippen LogP contribution in [0.2, 0.25) is 0 Å². The van der Waals surface area contributed by atoms with Crippen LogP contribution in [-0.2, 0) is 6.61 Å². The fraction of sp³-hybridized carbons (Fsp3) is 0.185. The van der Waals surface area contributed by atoms with Crippen molar-refractivity contribution in [3.63, 3.8) is 0 Å². The molecule has 7 nitrogen and oxygen atoms in total. The molecule has 4 rings (SSSR count). The molecule has 0 aliphatic heterocycles. The summed E-state index contributed by atoms with van der Waals surface area (Å²) >= 11 is 3.46. The highest BCUT2D eigenvalue weighted by molar-refractivity contribution is 9.10. The Morgan fingerprint density at radius 3 is 2.46 bits per heavy atom. The van der Waals surface area contributed by atoms with Crippen LogP contribution in [0.15, 0.2) is 80.7 Å². The summed E-state index contributed by atoms with van der Waals surface area (Å²) in [5.74, 6) is 1.71. The Hall–Kier alpha value is -3.78. The lowest BCUT2D eigenvalue weighted by atomic mass is 10.2. The van der Waals surface area contributed by atoms with Crippen LogP contribution in [0.5, 0.6) is 11.5 Å². The fourth-order valence-corrected chi connectivity index (χ4v) is 4.10. The van der Waals surface area contributed by atoms with Gasteiger partial charge in [-0.1, -0.05) is 0 Å².